The number of carbonyl (C=O) groups is 1. The van der Waals surface area contributed by atoms with Crippen molar-refractivity contribution in [1.82, 2.24) is 0 Å². The summed E-state index contributed by atoms with van der Waals surface area (Å²) in [5.74, 6) is 0.115. The van der Waals surface area contributed by atoms with Crippen molar-refractivity contribution >= 4 is 5.78 Å². The zero-order valence-corrected chi connectivity index (χ0v) is 7.42. The summed E-state index contributed by atoms with van der Waals surface area (Å²) in [5.41, 5.74) is 0. The first-order valence-electron chi connectivity index (χ1n) is 3.76. The molecule has 0 saturated heterocycles. The summed E-state index contributed by atoms with van der Waals surface area (Å²) in [6, 6.07) is 0. The molecule has 0 heterocycles. The molecule has 0 rings (SSSR count). The minimum atomic E-state index is -0.0880. The van der Waals surface area contributed by atoms with Crippen molar-refractivity contribution in [3.05, 3.63) is 0 Å². The van der Waals surface area contributed by atoms with E-state index in [-0.39, 0.29) is 11.7 Å². The summed E-state index contributed by atoms with van der Waals surface area (Å²) >= 11 is 0. The fourth-order valence-corrected chi connectivity index (χ4v) is 0.925. The molecule has 0 atom stereocenters. The molecule has 0 aromatic carbocycles. The number of methoxy groups -OCH3 is 2. The first-order chi connectivity index (χ1) is 5.26. The van der Waals surface area contributed by atoms with Crippen LogP contribution in [0.3, 0.4) is 0 Å². The third-order valence-electron chi connectivity index (χ3n) is 1.54. The molecule has 0 radical (unpaired) electrons. The minimum Gasteiger partial charge on any atom is -0.384 e. The summed E-state index contributed by atoms with van der Waals surface area (Å²) in [4.78, 5) is 11.1. The Kier molecular flexibility index (Phi) is 6.07. The molecule has 66 valence electrons. The lowest BCUT2D eigenvalue weighted by Gasteiger charge is -2.11. The fraction of sp³-hybridized carbons (Fsp3) is 0.875. The molecule has 0 amide bonds. The van der Waals surface area contributed by atoms with Crippen LogP contribution in [-0.2, 0) is 14.3 Å². The number of hydrogen-bond donors (Lipinski definition) is 0. The monoisotopic (exact) mass is 160 g/mol. The van der Waals surface area contributed by atoms with Gasteiger partial charge in [-0.2, -0.15) is 0 Å². The van der Waals surface area contributed by atoms with Crippen LogP contribution in [0, 0.1) is 5.92 Å². The number of hydrogen-bond acceptors (Lipinski definition) is 3. The third kappa shape index (κ3) is 4.11. The zero-order chi connectivity index (χ0) is 8.69. The Hall–Kier alpha value is -0.410. The summed E-state index contributed by atoms with van der Waals surface area (Å²) in [6.07, 6.45) is 0.553. The van der Waals surface area contributed by atoms with Gasteiger partial charge in [0.15, 0.2) is 0 Å². The molecular weight excluding hydrogens is 144 g/mol. The molecule has 0 aromatic heterocycles. The average Bonchev–Trinajstić information content (AvgIpc) is 2.03. The lowest BCUT2D eigenvalue weighted by molar-refractivity contribution is -0.126. The summed E-state index contributed by atoms with van der Waals surface area (Å²) < 4.78 is 9.76. The van der Waals surface area contributed by atoms with Gasteiger partial charge in [0.2, 0.25) is 0 Å². The van der Waals surface area contributed by atoms with Gasteiger partial charge in [-0.1, -0.05) is 6.92 Å². The Morgan fingerprint density at radius 3 is 2.00 bits per heavy atom. The average molecular weight is 160 g/mol. The normalized spacial score (nSPS) is 10.5. The molecule has 0 N–H and O–H groups in total. The highest BCUT2D eigenvalue weighted by Crippen LogP contribution is 2.02. The Morgan fingerprint density at radius 1 is 1.27 bits per heavy atom. The lowest BCUT2D eigenvalue weighted by Crippen LogP contribution is -2.23. The van der Waals surface area contributed by atoms with Crippen LogP contribution >= 0.6 is 0 Å². The first kappa shape index (κ1) is 10.6. The molecule has 0 unspecified atom stereocenters. The van der Waals surface area contributed by atoms with Gasteiger partial charge in [-0.25, -0.2) is 0 Å². The number of ether oxygens (including phenoxy) is 2. The molecule has 0 saturated carbocycles. The Labute approximate surface area is 67.7 Å². The smallest absolute Gasteiger partial charge is 0.140 e. The molecule has 0 bridgehead atoms. The molecule has 3 nitrogen and oxygen atoms in total. The van der Waals surface area contributed by atoms with E-state index in [4.69, 9.17) is 9.47 Å². The van der Waals surface area contributed by atoms with E-state index < -0.39 is 0 Å². The van der Waals surface area contributed by atoms with Gasteiger partial charge in [-0.05, 0) is 0 Å². The van der Waals surface area contributed by atoms with E-state index in [0.29, 0.717) is 19.6 Å². The lowest BCUT2D eigenvalue weighted by atomic mass is 10.0. The van der Waals surface area contributed by atoms with Gasteiger partial charge in [0.1, 0.15) is 5.78 Å². The molecule has 0 aliphatic carbocycles. The molecule has 11 heavy (non-hydrogen) atoms. The van der Waals surface area contributed by atoms with Crippen LogP contribution in [0.4, 0.5) is 0 Å². The van der Waals surface area contributed by atoms with Crippen LogP contribution in [-0.4, -0.2) is 33.2 Å². The predicted molar refractivity (Wildman–Crippen MR) is 42.5 cm³/mol. The van der Waals surface area contributed by atoms with Crippen LogP contribution < -0.4 is 0 Å². The first-order valence-corrected chi connectivity index (χ1v) is 3.76. The molecule has 0 spiro atoms. The van der Waals surface area contributed by atoms with Crippen molar-refractivity contribution in [1.29, 1.82) is 0 Å². The highest BCUT2D eigenvalue weighted by Gasteiger charge is 2.15. The van der Waals surface area contributed by atoms with Gasteiger partial charge in [-0.15, -0.1) is 0 Å². The van der Waals surface area contributed by atoms with E-state index in [1.165, 1.54) is 0 Å². The van der Waals surface area contributed by atoms with Gasteiger partial charge in [-0.3, -0.25) is 4.79 Å². The molecular formula is C8H16O3. The Morgan fingerprint density at radius 2 is 1.73 bits per heavy atom. The molecule has 0 aromatic rings. The van der Waals surface area contributed by atoms with Crippen molar-refractivity contribution in [2.24, 2.45) is 5.92 Å². The molecule has 0 fully saturated rings. The number of Topliss-reactive ketones (excluding diaryl/α,β-unsaturated/α-hetero) is 1. The third-order valence-corrected chi connectivity index (χ3v) is 1.54. The SMILES string of the molecule is CCC(=O)C(COC)COC. The van der Waals surface area contributed by atoms with E-state index in [2.05, 4.69) is 0 Å². The standard InChI is InChI=1S/C8H16O3/c1-4-8(9)7(5-10-2)6-11-3/h7H,4-6H2,1-3H3. The second-order valence-electron chi connectivity index (χ2n) is 2.43. The highest BCUT2D eigenvalue weighted by atomic mass is 16.5. The maximum absolute atomic E-state index is 11.1. The highest BCUT2D eigenvalue weighted by molar-refractivity contribution is 5.80. The summed E-state index contributed by atoms with van der Waals surface area (Å²) in [6.45, 7) is 2.77. The minimum absolute atomic E-state index is 0.0880. The Balaban J connectivity index is 3.76. The van der Waals surface area contributed by atoms with Crippen molar-refractivity contribution in [3.63, 3.8) is 0 Å². The van der Waals surface area contributed by atoms with Crippen LogP contribution in [0.25, 0.3) is 0 Å². The van der Waals surface area contributed by atoms with E-state index in [9.17, 15) is 4.79 Å². The summed E-state index contributed by atoms with van der Waals surface area (Å²) in [5, 5.41) is 0. The maximum Gasteiger partial charge on any atom is 0.140 e. The van der Waals surface area contributed by atoms with Gasteiger partial charge >= 0.3 is 0 Å². The van der Waals surface area contributed by atoms with E-state index >= 15 is 0 Å². The van der Waals surface area contributed by atoms with E-state index in [0.717, 1.165) is 0 Å². The van der Waals surface area contributed by atoms with E-state index in [1.54, 1.807) is 14.2 Å². The van der Waals surface area contributed by atoms with Gasteiger partial charge in [0, 0.05) is 20.6 Å². The second-order valence-corrected chi connectivity index (χ2v) is 2.43. The second kappa shape index (κ2) is 6.31. The van der Waals surface area contributed by atoms with Gasteiger partial charge < -0.3 is 9.47 Å². The Bertz CT molecular complexity index is 106. The van der Waals surface area contributed by atoms with Crippen LogP contribution in [0.1, 0.15) is 13.3 Å². The van der Waals surface area contributed by atoms with Crippen LogP contribution in [0.15, 0.2) is 0 Å². The van der Waals surface area contributed by atoms with Crippen LogP contribution in [0.5, 0.6) is 0 Å². The molecule has 3 heteroatoms. The van der Waals surface area contributed by atoms with Gasteiger partial charge in [0.25, 0.3) is 0 Å². The zero-order valence-electron chi connectivity index (χ0n) is 7.42. The summed E-state index contributed by atoms with van der Waals surface area (Å²) in [7, 11) is 3.18. The van der Waals surface area contributed by atoms with Crippen molar-refractivity contribution in [2.75, 3.05) is 27.4 Å². The fourth-order valence-electron chi connectivity index (χ4n) is 0.925. The molecule has 0 aliphatic heterocycles. The van der Waals surface area contributed by atoms with E-state index in [1.807, 2.05) is 6.92 Å². The number of rotatable bonds is 6. The molecule has 0 aliphatic rings. The topological polar surface area (TPSA) is 35.5 Å². The quantitative estimate of drug-likeness (QED) is 0.578. The van der Waals surface area contributed by atoms with Gasteiger partial charge in [0.05, 0.1) is 19.1 Å². The van der Waals surface area contributed by atoms with Crippen molar-refractivity contribution in [2.45, 2.75) is 13.3 Å². The largest absolute Gasteiger partial charge is 0.384 e. The predicted octanol–water partition coefficient (Wildman–Crippen LogP) is 0.875. The van der Waals surface area contributed by atoms with Crippen LogP contribution in [0.2, 0.25) is 0 Å². The van der Waals surface area contributed by atoms with Crippen molar-refractivity contribution < 1.29 is 14.3 Å². The maximum atomic E-state index is 11.1. The van der Waals surface area contributed by atoms with Crippen molar-refractivity contribution in [3.8, 4) is 0 Å². The number of carbonyl (C=O) groups excluding carboxylic acids is 1. The number of ketones is 1.